The van der Waals surface area contributed by atoms with E-state index in [9.17, 15) is 14.4 Å². The number of aromatic amines is 1. The number of anilines is 1. The molecule has 9 nitrogen and oxygen atoms in total. The number of fused-ring (bicyclic) bond motifs is 2. The zero-order valence-corrected chi connectivity index (χ0v) is 15.4. The fraction of sp³-hybridized carbons (Fsp3) is 0.158. The van der Waals surface area contributed by atoms with Crippen LogP contribution in [0, 0.1) is 0 Å². The molecule has 28 heavy (non-hydrogen) atoms. The lowest BCUT2D eigenvalue weighted by Gasteiger charge is -2.08. The normalized spacial score (nSPS) is 11.1. The summed E-state index contributed by atoms with van der Waals surface area (Å²) in [6.45, 7) is 0. The molecule has 4 aromatic rings. The number of carbonyl (C=O) groups is 1. The van der Waals surface area contributed by atoms with Crippen LogP contribution in [0.3, 0.4) is 0 Å². The first-order valence-electron chi connectivity index (χ1n) is 8.43. The number of benzene rings is 1. The van der Waals surface area contributed by atoms with Gasteiger partial charge in [0.2, 0.25) is 0 Å². The van der Waals surface area contributed by atoms with Gasteiger partial charge in [-0.25, -0.2) is 9.78 Å². The second-order valence-electron chi connectivity index (χ2n) is 6.39. The van der Waals surface area contributed by atoms with E-state index in [1.54, 1.807) is 19.2 Å². The summed E-state index contributed by atoms with van der Waals surface area (Å²) in [5, 5.41) is 3.83. The van der Waals surface area contributed by atoms with Crippen molar-refractivity contribution < 1.29 is 9.53 Å². The van der Waals surface area contributed by atoms with Crippen LogP contribution in [-0.4, -0.2) is 32.1 Å². The minimum Gasteiger partial charge on any atom is -0.497 e. The highest BCUT2D eigenvalue weighted by atomic mass is 16.5. The Morgan fingerprint density at radius 1 is 1.14 bits per heavy atom. The number of aromatic nitrogens is 4. The summed E-state index contributed by atoms with van der Waals surface area (Å²) in [6, 6.07) is 8.69. The smallest absolute Gasteiger partial charge is 0.332 e. The Morgan fingerprint density at radius 3 is 2.68 bits per heavy atom. The molecule has 4 rings (SSSR count). The molecule has 0 fully saturated rings. The molecular formula is C19H17N5O4. The number of carbonyl (C=O) groups excluding carboxylic acids is 1. The molecule has 0 atom stereocenters. The van der Waals surface area contributed by atoms with Crippen LogP contribution in [0.2, 0.25) is 0 Å². The predicted molar refractivity (Wildman–Crippen MR) is 105 cm³/mol. The van der Waals surface area contributed by atoms with Gasteiger partial charge in [-0.15, -0.1) is 0 Å². The van der Waals surface area contributed by atoms with Gasteiger partial charge >= 0.3 is 5.69 Å². The minimum atomic E-state index is -0.473. The molecule has 0 aliphatic carbocycles. The zero-order chi connectivity index (χ0) is 20.0. The van der Waals surface area contributed by atoms with Gasteiger partial charge in [-0.3, -0.25) is 18.7 Å². The van der Waals surface area contributed by atoms with E-state index in [4.69, 9.17) is 4.74 Å². The lowest BCUT2D eigenvalue weighted by atomic mass is 10.2. The molecule has 0 aliphatic rings. The summed E-state index contributed by atoms with van der Waals surface area (Å²) in [5.74, 6) is 0.305. The van der Waals surface area contributed by atoms with Crippen molar-refractivity contribution in [2.75, 3.05) is 12.4 Å². The van der Waals surface area contributed by atoms with Crippen molar-refractivity contribution >= 4 is 33.5 Å². The van der Waals surface area contributed by atoms with Gasteiger partial charge in [-0.2, -0.15) is 0 Å². The Labute approximate surface area is 158 Å². The SMILES string of the molecule is COc1ccc2cc(C(=O)Nc3cnc4c(c3)c(=O)n(C)c(=O)n4C)[nH]c2c1. The maximum Gasteiger partial charge on any atom is 0.332 e. The lowest BCUT2D eigenvalue weighted by Crippen LogP contribution is -2.37. The Bertz CT molecular complexity index is 1360. The van der Waals surface area contributed by atoms with E-state index in [1.165, 1.54) is 30.9 Å². The molecule has 0 aliphatic heterocycles. The third-order valence-corrected chi connectivity index (χ3v) is 4.63. The molecule has 3 aromatic heterocycles. The average molecular weight is 379 g/mol. The van der Waals surface area contributed by atoms with Crippen LogP contribution < -0.4 is 21.3 Å². The van der Waals surface area contributed by atoms with Crippen molar-refractivity contribution in [1.82, 2.24) is 19.1 Å². The number of aryl methyl sites for hydroxylation is 1. The van der Waals surface area contributed by atoms with Crippen LogP contribution in [0.15, 0.2) is 46.1 Å². The first-order valence-corrected chi connectivity index (χ1v) is 8.43. The highest BCUT2D eigenvalue weighted by Crippen LogP contribution is 2.22. The molecule has 1 amide bonds. The van der Waals surface area contributed by atoms with Crippen LogP contribution in [0.5, 0.6) is 5.75 Å². The van der Waals surface area contributed by atoms with Crippen molar-refractivity contribution in [2.24, 2.45) is 14.1 Å². The Kier molecular flexibility index (Phi) is 3.99. The Balaban J connectivity index is 1.71. The number of nitrogens with zero attached hydrogens (tertiary/aromatic N) is 3. The van der Waals surface area contributed by atoms with Crippen LogP contribution in [0.4, 0.5) is 5.69 Å². The number of nitrogens with one attached hydrogen (secondary N) is 2. The maximum absolute atomic E-state index is 12.6. The molecule has 1 aromatic carbocycles. The third-order valence-electron chi connectivity index (χ3n) is 4.63. The monoisotopic (exact) mass is 379 g/mol. The van der Waals surface area contributed by atoms with E-state index >= 15 is 0 Å². The first-order chi connectivity index (χ1) is 13.4. The van der Waals surface area contributed by atoms with Crippen molar-refractivity contribution in [3.63, 3.8) is 0 Å². The van der Waals surface area contributed by atoms with Crippen LogP contribution >= 0.6 is 0 Å². The van der Waals surface area contributed by atoms with Gasteiger partial charge in [0.15, 0.2) is 0 Å². The van der Waals surface area contributed by atoms with Crippen molar-refractivity contribution in [3.8, 4) is 5.75 Å². The molecular weight excluding hydrogens is 362 g/mol. The molecule has 0 spiro atoms. The van der Waals surface area contributed by atoms with E-state index in [-0.39, 0.29) is 16.9 Å². The number of amides is 1. The van der Waals surface area contributed by atoms with E-state index in [2.05, 4.69) is 15.3 Å². The lowest BCUT2D eigenvalue weighted by molar-refractivity contribution is 0.102. The molecule has 0 radical (unpaired) electrons. The van der Waals surface area contributed by atoms with Crippen LogP contribution in [-0.2, 0) is 14.1 Å². The van der Waals surface area contributed by atoms with Crippen molar-refractivity contribution in [3.05, 3.63) is 63.1 Å². The van der Waals surface area contributed by atoms with Gasteiger partial charge in [0.1, 0.15) is 17.1 Å². The maximum atomic E-state index is 12.6. The second kappa shape index (κ2) is 6.38. The highest BCUT2D eigenvalue weighted by Gasteiger charge is 2.14. The summed E-state index contributed by atoms with van der Waals surface area (Å²) < 4.78 is 7.47. The van der Waals surface area contributed by atoms with Gasteiger partial charge in [0.25, 0.3) is 11.5 Å². The minimum absolute atomic E-state index is 0.240. The van der Waals surface area contributed by atoms with E-state index in [0.717, 1.165) is 15.5 Å². The summed E-state index contributed by atoms with van der Waals surface area (Å²) in [6.07, 6.45) is 1.41. The number of hydrogen-bond donors (Lipinski definition) is 2. The van der Waals surface area contributed by atoms with Gasteiger partial charge in [-0.1, -0.05) is 0 Å². The quantitative estimate of drug-likeness (QED) is 0.559. The number of hydrogen-bond acceptors (Lipinski definition) is 5. The average Bonchev–Trinajstić information content (AvgIpc) is 3.14. The summed E-state index contributed by atoms with van der Waals surface area (Å²) in [5.41, 5.74) is 0.796. The number of ether oxygens (including phenoxy) is 1. The molecule has 0 saturated heterocycles. The zero-order valence-electron chi connectivity index (χ0n) is 15.4. The van der Waals surface area contributed by atoms with Crippen LogP contribution in [0.1, 0.15) is 10.5 Å². The largest absolute Gasteiger partial charge is 0.497 e. The predicted octanol–water partition coefficient (Wildman–Crippen LogP) is 1.37. The van der Waals surface area contributed by atoms with Crippen LogP contribution in [0.25, 0.3) is 21.9 Å². The fourth-order valence-electron chi connectivity index (χ4n) is 3.09. The molecule has 142 valence electrons. The molecule has 9 heteroatoms. The Morgan fingerprint density at radius 2 is 1.93 bits per heavy atom. The Hall–Kier alpha value is -3.88. The third kappa shape index (κ3) is 2.73. The molecule has 2 N–H and O–H groups in total. The molecule has 0 saturated carbocycles. The van der Waals surface area contributed by atoms with E-state index in [1.807, 2.05) is 12.1 Å². The van der Waals surface area contributed by atoms with Gasteiger partial charge in [-0.05, 0) is 24.3 Å². The van der Waals surface area contributed by atoms with Crippen molar-refractivity contribution in [2.45, 2.75) is 0 Å². The number of H-pyrrole nitrogens is 1. The second-order valence-corrected chi connectivity index (χ2v) is 6.39. The topological polar surface area (TPSA) is 111 Å². The molecule has 0 unspecified atom stereocenters. The summed E-state index contributed by atoms with van der Waals surface area (Å²) in [4.78, 5) is 44.2. The molecule has 0 bridgehead atoms. The van der Waals surface area contributed by atoms with E-state index in [0.29, 0.717) is 17.1 Å². The summed E-state index contributed by atoms with van der Waals surface area (Å²) >= 11 is 0. The number of methoxy groups -OCH3 is 1. The van der Waals surface area contributed by atoms with Gasteiger partial charge in [0.05, 0.1) is 24.4 Å². The fourth-order valence-corrected chi connectivity index (χ4v) is 3.09. The number of rotatable bonds is 3. The first kappa shape index (κ1) is 17.5. The standard InChI is InChI=1S/C19H17N5O4/c1-23-16-13(18(26)24(2)19(23)27)7-11(9-20-16)21-17(25)15-6-10-4-5-12(28-3)8-14(10)22-15/h4-9,22H,1-3H3,(H,21,25). The van der Waals surface area contributed by atoms with Crippen molar-refractivity contribution in [1.29, 1.82) is 0 Å². The number of pyridine rings is 1. The summed E-state index contributed by atoms with van der Waals surface area (Å²) in [7, 11) is 4.51. The van der Waals surface area contributed by atoms with E-state index < -0.39 is 11.2 Å². The van der Waals surface area contributed by atoms with Gasteiger partial charge in [0, 0.05) is 31.1 Å². The van der Waals surface area contributed by atoms with Gasteiger partial charge < -0.3 is 15.0 Å². The highest BCUT2D eigenvalue weighted by molar-refractivity contribution is 6.06. The molecule has 3 heterocycles.